The maximum absolute atomic E-state index is 13.3. The van der Waals surface area contributed by atoms with Gasteiger partial charge < -0.3 is 29.2 Å². The first-order valence-electron chi connectivity index (χ1n) is 19.0. The largest absolute Gasteiger partial charge is 0.496 e. The fraction of sp³-hybridized carbons (Fsp3) is 0.419. The molecule has 12 nitrogen and oxygen atoms in total. The van der Waals surface area contributed by atoms with Crippen molar-refractivity contribution in [2.45, 2.75) is 96.7 Å². The molecule has 1 saturated heterocycles. The molecule has 2 amide bonds. The minimum Gasteiger partial charge on any atom is -0.496 e. The lowest BCUT2D eigenvalue weighted by Gasteiger charge is -2.29. The predicted octanol–water partition coefficient (Wildman–Crippen LogP) is 8.39. The van der Waals surface area contributed by atoms with Crippen LogP contribution in [0, 0.1) is 0 Å². The minimum absolute atomic E-state index is 0.0375. The molecule has 3 heterocycles. The molecular weight excluding hydrogens is 769 g/mol. The van der Waals surface area contributed by atoms with Crippen molar-refractivity contribution in [3.63, 3.8) is 0 Å². The van der Waals surface area contributed by atoms with Crippen LogP contribution in [-0.4, -0.2) is 76.9 Å². The Kier molecular flexibility index (Phi) is 12.7. The van der Waals surface area contributed by atoms with Crippen molar-refractivity contribution in [3.05, 3.63) is 82.0 Å². The summed E-state index contributed by atoms with van der Waals surface area (Å²) in [5, 5.41) is 7.14. The van der Waals surface area contributed by atoms with E-state index in [0.717, 1.165) is 24.0 Å². The van der Waals surface area contributed by atoms with Crippen LogP contribution in [0.4, 0.5) is 4.79 Å². The SMILES string of the molecule is COc1cc(-c2nccc(-c3cccc(-c4ccc(CN(CC5CCC(=O)N5)C(=O)OC(C)(C)C)c(OC)n4)c3Cl)c2Cl)ccc1CNC1(C(=O)OC(C)C)CC1. The molecule has 2 aromatic carbocycles. The summed E-state index contributed by atoms with van der Waals surface area (Å²) in [5.41, 5.74) is 4.01. The second-order valence-corrected chi connectivity index (χ2v) is 16.4. The topological polar surface area (TPSA) is 141 Å². The Morgan fingerprint density at radius 1 is 0.982 bits per heavy atom. The number of methoxy groups -OCH3 is 2. The molecular formula is C43H49Cl2N5O7. The molecule has 6 rings (SSSR count). The molecule has 1 saturated carbocycles. The average Bonchev–Trinajstić information content (AvgIpc) is 3.86. The van der Waals surface area contributed by atoms with Gasteiger partial charge in [0.05, 0.1) is 48.3 Å². The first kappa shape index (κ1) is 41.7. The van der Waals surface area contributed by atoms with E-state index in [0.29, 0.717) is 74.7 Å². The van der Waals surface area contributed by atoms with Crippen LogP contribution >= 0.6 is 23.2 Å². The Morgan fingerprint density at radius 3 is 2.35 bits per heavy atom. The zero-order valence-electron chi connectivity index (χ0n) is 33.3. The molecule has 2 fully saturated rings. The fourth-order valence-electron chi connectivity index (χ4n) is 6.73. The van der Waals surface area contributed by atoms with Crippen LogP contribution in [0.3, 0.4) is 0 Å². The number of amides is 2. The molecule has 0 radical (unpaired) electrons. The van der Waals surface area contributed by atoms with Crippen molar-refractivity contribution in [2.75, 3.05) is 20.8 Å². The number of benzene rings is 2. The van der Waals surface area contributed by atoms with E-state index in [1.54, 1.807) is 18.2 Å². The van der Waals surface area contributed by atoms with E-state index in [1.165, 1.54) is 7.11 Å². The monoisotopic (exact) mass is 817 g/mol. The summed E-state index contributed by atoms with van der Waals surface area (Å²) in [6.45, 7) is 9.96. The Morgan fingerprint density at radius 2 is 1.70 bits per heavy atom. The van der Waals surface area contributed by atoms with Crippen LogP contribution < -0.4 is 20.1 Å². The van der Waals surface area contributed by atoms with E-state index in [4.69, 9.17) is 47.1 Å². The normalized spacial score (nSPS) is 15.9. The molecule has 2 N–H and O–H groups in total. The van der Waals surface area contributed by atoms with Gasteiger partial charge in [0.1, 0.15) is 16.9 Å². The van der Waals surface area contributed by atoms with Gasteiger partial charge in [-0.1, -0.05) is 53.5 Å². The van der Waals surface area contributed by atoms with Crippen molar-refractivity contribution in [1.29, 1.82) is 0 Å². The van der Waals surface area contributed by atoms with Gasteiger partial charge in [-0.25, -0.2) is 9.78 Å². The van der Waals surface area contributed by atoms with Gasteiger partial charge in [-0.3, -0.25) is 19.9 Å². The number of rotatable bonds is 14. The third-order valence-electron chi connectivity index (χ3n) is 9.79. The molecule has 0 bridgehead atoms. The van der Waals surface area contributed by atoms with Crippen molar-refractivity contribution in [3.8, 4) is 45.3 Å². The summed E-state index contributed by atoms with van der Waals surface area (Å²) < 4.78 is 22.7. The molecule has 4 aromatic rings. The Balaban J connectivity index is 1.24. The number of nitrogens with one attached hydrogen (secondary N) is 2. The lowest BCUT2D eigenvalue weighted by molar-refractivity contribution is -0.151. The lowest BCUT2D eigenvalue weighted by Crippen LogP contribution is -2.43. The highest BCUT2D eigenvalue weighted by Gasteiger charge is 2.51. The number of pyridine rings is 2. The summed E-state index contributed by atoms with van der Waals surface area (Å²) in [6.07, 6.45) is 3.49. The first-order chi connectivity index (χ1) is 27.1. The van der Waals surface area contributed by atoms with Crippen LogP contribution in [0.15, 0.2) is 60.8 Å². The average molecular weight is 819 g/mol. The molecule has 1 unspecified atom stereocenters. The van der Waals surface area contributed by atoms with E-state index in [-0.39, 0.29) is 37.1 Å². The predicted molar refractivity (Wildman–Crippen MR) is 219 cm³/mol. The highest BCUT2D eigenvalue weighted by Crippen LogP contribution is 2.43. The number of carbonyl (C=O) groups excluding carboxylic acids is 3. The van der Waals surface area contributed by atoms with Crippen LogP contribution in [0.25, 0.3) is 33.6 Å². The molecule has 14 heteroatoms. The maximum atomic E-state index is 13.3. The summed E-state index contributed by atoms with van der Waals surface area (Å²) in [7, 11) is 3.12. The quantitative estimate of drug-likeness (QED) is 0.119. The smallest absolute Gasteiger partial charge is 0.410 e. The molecule has 1 atom stereocenters. The Bertz CT molecular complexity index is 2150. The van der Waals surface area contributed by atoms with Gasteiger partial charge in [-0.05, 0) is 78.1 Å². The summed E-state index contributed by atoms with van der Waals surface area (Å²) in [5.74, 6) is 0.673. The zero-order chi connectivity index (χ0) is 41.1. The van der Waals surface area contributed by atoms with Crippen LogP contribution in [0.1, 0.15) is 71.4 Å². The van der Waals surface area contributed by atoms with Gasteiger partial charge in [0, 0.05) is 65.1 Å². The number of halogens is 2. The molecule has 1 aliphatic heterocycles. The molecule has 0 spiro atoms. The number of nitrogens with zero attached hydrogens (tertiary/aromatic N) is 3. The molecule has 302 valence electrons. The minimum atomic E-state index is -0.706. The number of carbonyl (C=O) groups is 3. The Labute approximate surface area is 343 Å². The summed E-state index contributed by atoms with van der Waals surface area (Å²) in [4.78, 5) is 48.9. The number of esters is 1. The van der Waals surface area contributed by atoms with Crippen molar-refractivity contribution in [2.24, 2.45) is 0 Å². The summed E-state index contributed by atoms with van der Waals surface area (Å²) in [6, 6.07) is 16.7. The number of hydrogen-bond donors (Lipinski definition) is 2. The highest BCUT2D eigenvalue weighted by atomic mass is 35.5. The summed E-state index contributed by atoms with van der Waals surface area (Å²) >= 11 is 14.3. The first-order valence-corrected chi connectivity index (χ1v) is 19.8. The van der Waals surface area contributed by atoms with Crippen LogP contribution in [0.2, 0.25) is 10.0 Å². The number of aromatic nitrogens is 2. The fourth-order valence-corrected chi connectivity index (χ4v) is 7.38. The van der Waals surface area contributed by atoms with Gasteiger partial charge in [0.2, 0.25) is 11.8 Å². The van der Waals surface area contributed by atoms with Gasteiger partial charge >= 0.3 is 12.1 Å². The van der Waals surface area contributed by atoms with Crippen LogP contribution in [-0.2, 0) is 32.2 Å². The van der Waals surface area contributed by atoms with E-state index in [2.05, 4.69) is 15.6 Å². The van der Waals surface area contributed by atoms with E-state index in [9.17, 15) is 14.4 Å². The molecule has 2 aliphatic rings. The van der Waals surface area contributed by atoms with Crippen molar-refractivity contribution >= 4 is 41.2 Å². The second kappa shape index (κ2) is 17.3. The van der Waals surface area contributed by atoms with Crippen molar-refractivity contribution in [1.82, 2.24) is 25.5 Å². The lowest BCUT2D eigenvalue weighted by atomic mass is 9.99. The number of ether oxygens (including phenoxy) is 4. The molecule has 1 aliphatic carbocycles. The highest BCUT2D eigenvalue weighted by molar-refractivity contribution is 6.39. The molecule has 2 aromatic heterocycles. The van der Waals surface area contributed by atoms with Gasteiger partial charge in [0.15, 0.2) is 0 Å². The third-order valence-corrected chi connectivity index (χ3v) is 10.6. The van der Waals surface area contributed by atoms with Gasteiger partial charge in [-0.2, -0.15) is 0 Å². The van der Waals surface area contributed by atoms with Crippen LogP contribution in [0.5, 0.6) is 11.6 Å². The van der Waals surface area contributed by atoms with Gasteiger partial charge in [0.25, 0.3) is 0 Å². The molecule has 57 heavy (non-hydrogen) atoms. The zero-order valence-corrected chi connectivity index (χ0v) is 34.8. The Hall–Kier alpha value is -4.91. The number of hydrogen-bond acceptors (Lipinski definition) is 10. The van der Waals surface area contributed by atoms with Crippen molar-refractivity contribution < 1.29 is 33.3 Å². The van der Waals surface area contributed by atoms with E-state index < -0.39 is 17.2 Å². The second-order valence-electron chi connectivity index (χ2n) is 15.6. The third kappa shape index (κ3) is 9.80. The van der Waals surface area contributed by atoms with Gasteiger partial charge in [-0.15, -0.1) is 0 Å². The maximum Gasteiger partial charge on any atom is 0.410 e. The van der Waals surface area contributed by atoms with E-state index in [1.807, 2.05) is 89.2 Å². The van der Waals surface area contributed by atoms with E-state index >= 15 is 0 Å². The standard InChI is InChI=1S/C43H49Cl2N5O7/c1-25(2)56-40(52)43(18-19-43)47-22-27-12-11-26(21-34(27)54-6)38-37(45)31(17-20-46-38)30-9-8-10-32(36(30)44)33-15-13-28(39(49-33)55-7)23-50(41(53)57-42(3,4)5)24-29-14-16-35(51)48-29/h8-13,15,17,20-21,25,29,47H,14,16,18-19,22-24H2,1-7H3,(H,48,51).